The lowest BCUT2D eigenvalue weighted by Crippen LogP contribution is -2.66. The standard InChI is InChI=1S/C81H157NO18/c1-3-5-7-9-11-13-15-17-19-21-23-25-27-28-29-30-31-32-33-34-35-37-38-40-42-44-46-48-50-52-54-56-58-65(86)64(82-69(87)59-57-55-53-51-49-47-45-43-41-39-36-26-24-22-20-18-16-14-12-10-8-6-4-2)63-95-79-75(93)72(90)77(67(61-84)97-79)100-81-76(94)73(91)78(68(62-85)98-81)99-80-74(92)71(89)70(88)66(60-83)96-80/h64-68,70-81,83-86,88-94H,3-63H2,1-2H3,(H,82,87). The van der Waals surface area contributed by atoms with E-state index in [1.807, 2.05) is 0 Å². The van der Waals surface area contributed by atoms with Gasteiger partial charge < -0.3 is 89.9 Å². The van der Waals surface area contributed by atoms with Crippen LogP contribution < -0.4 is 5.32 Å². The molecule has 19 nitrogen and oxygen atoms in total. The van der Waals surface area contributed by atoms with E-state index in [2.05, 4.69) is 19.2 Å². The number of carbonyl (C=O) groups excluding carboxylic acids is 1. The van der Waals surface area contributed by atoms with Gasteiger partial charge in [-0.15, -0.1) is 0 Å². The summed E-state index contributed by atoms with van der Waals surface area (Å²) < 4.78 is 34.6. The summed E-state index contributed by atoms with van der Waals surface area (Å²) >= 11 is 0. The number of aliphatic hydroxyl groups excluding tert-OH is 11. The van der Waals surface area contributed by atoms with Gasteiger partial charge in [0, 0.05) is 6.42 Å². The third kappa shape index (κ3) is 42.4. The molecule has 0 saturated carbocycles. The number of carbonyl (C=O) groups is 1. The lowest BCUT2D eigenvalue weighted by Gasteiger charge is -2.48. The Labute approximate surface area is 608 Å². The predicted molar refractivity (Wildman–Crippen MR) is 397 cm³/mol. The van der Waals surface area contributed by atoms with Crippen LogP contribution in [0, 0.1) is 0 Å². The number of hydrogen-bond acceptors (Lipinski definition) is 18. The van der Waals surface area contributed by atoms with Crippen LogP contribution in [0.1, 0.15) is 380 Å². The van der Waals surface area contributed by atoms with Gasteiger partial charge in [-0.05, 0) is 12.8 Å². The zero-order valence-corrected chi connectivity index (χ0v) is 63.7. The molecule has 17 atom stereocenters. The van der Waals surface area contributed by atoms with E-state index in [-0.39, 0.29) is 18.9 Å². The Balaban J connectivity index is 1.34. The number of rotatable bonds is 69. The van der Waals surface area contributed by atoms with Crippen molar-refractivity contribution in [1.29, 1.82) is 0 Å². The molecule has 3 fully saturated rings. The number of amides is 1. The Kier molecular flexibility index (Phi) is 58.4. The maximum Gasteiger partial charge on any atom is 0.220 e. The van der Waals surface area contributed by atoms with Crippen molar-refractivity contribution in [3.8, 4) is 0 Å². The molecule has 0 aromatic carbocycles. The van der Waals surface area contributed by atoms with Crippen molar-refractivity contribution >= 4 is 5.91 Å². The summed E-state index contributed by atoms with van der Waals surface area (Å²) in [6.07, 6.45) is 46.3. The van der Waals surface area contributed by atoms with Crippen molar-refractivity contribution in [3.63, 3.8) is 0 Å². The molecule has 3 heterocycles. The third-order valence-electron chi connectivity index (χ3n) is 21.7. The molecule has 0 aliphatic carbocycles. The second-order valence-electron chi connectivity index (χ2n) is 30.7. The molecule has 3 saturated heterocycles. The molecule has 100 heavy (non-hydrogen) atoms. The van der Waals surface area contributed by atoms with Crippen molar-refractivity contribution < 1.29 is 89.4 Å². The van der Waals surface area contributed by atoms with Crippen LogP contribution in [0.15, 0.2) is 0 Å². The average molecular weight is 1430 g/mol. The largest absolute Gasteiger partial charge is 0.394 e. The molecule has 19 heteroatoms. The van der Waals surface area contributed by atoms with E-state index >= 15 is 0 Å². The molecule has 12 N–H and O–H groups in total. The van der Waals surface area contributed by atoms with Crippen LogP contribution in [-0.4, -0.2) is 193 Å². The van der Waals surface area contributed by atoms with Gasteiger partial charge in [0.05, 0.1) is 38.6 Å². The maximum atomic E-state index is 13.5. The SMILES string of the molecule is CCCCCCCCCCCCCCCCCCCCCCCCCCCCCCCCCCC(O)C(COC1OC(CO)C(OC2OC(CO)C(OC3OC(CO)C(O)C(O)C3O)C(O)C2O)C(O)C1O)NC(=O)CCCCCCCCCCCCCCCCCCCCCCCCC. The predicted octanol–water partition coefficient (Wildman–Crippen LogP) is 14.6. The van der Waals surface area contributed by atoms with E-state index in [0.717, 1.165) is 44.9 Å². The summed E-state index contributed by atoms with van der Waals surface area (Å²) in [5.41, 5.74) is 0. The minimum Gasteiger partial charge on any atom is -0.394 e. The number of hydrogen-bond donors (Lipinski definition) is 12. The highest BCUT2D eigenvalue weighted by Gasteiger charge is 2.54. The van der Waals surface area contributed by atoms with Crippen LogP contribution in [0.3, 0.4) is 0 Å². The highest BCUT2D eigenvalue weighted by atomic mass is 16.8. The van der Waals surface area contributed by atoms with E-state index < -0.39 is 124 Å². The molecule has 594 valence electrons. The molecule has 3 rings (SSSR count). The molecular formula is C81H157NO18. The monoisotopic (exact) mass is 1430 g/mol. The molecule has 0 spiro atoms. The summed E-state index contributed by atoms with van der Waals surface area (Å²) in [4.78, 5) is 13.5. The molecule has 17 unspecified atom stereocenters. The van der Waals surface area contributed by atoms with Crippen LogP contribution in [0.25, 0.3) is 0 Å². The van der Waals surface area contributed by atoms with Gasteiger partial charge in [0.15, 0.2) is 18.9 Å². The van der Waals surface area contributed by atoms with Crippen molar-refractivity contribution in [3.05, 3.63) is 0 Å². The molecule has 0 bridgehead atoms. The Morgan fingerprint density at radius 3 is 0.870 bits per heavy atom. The van der Waals surface area contributed by atoms with Crippen LogP contribution in [0.5, 0.6) is 0 Å². The van der Waals surface area contributed by atoms with Gasteiger partial charge in [-0.2, -0.15) is 0 Å². The van der Waals surface area contributed by atoms with Crippen LogP contribution in [0.4, 0.5) is 0 Å². The van der Waals surface area contributed by atoms with Crippen LogP contribution >= 0.6 is 0 Å². The maximum absolute atomic E-state index is 13.5. The highest BCUT2D eigenvalue weighted by Crippen LogP contribution is 2.34. The lowest BCUT2D eigenvalue weighted by molar-refractivity contribution is -0.379. The molecule has 1 amide bonds. The molecule has 0 radical (unpaired) electrons. The quantitative estimate of drug-likeness (QED) is 0.0252. The van der Waals surface area contributed by atoms with Crippen LogP contribution in [0.2, 0.25) is 0 Å². The van der Waals surface area contributed by atoms with E-state index in [9.17, 15) is 61.0 Å². The number of aliphatic hydroxyl groups is 11. The zero-order chi connectivity index (χ0) is 72.5. The first-order valence-corrected chi connectivity index (χ1v) is 42.3. The first kappa shape index (κ1) is 93.0. The van der Waals surface area contributed by atoms with Gasteiger partial charge in [-0.3, -0.25) is 4.79 Å². The minimum atomic E-state index is -1.97. The Morgan fingerprint density at radius 2 is 0.570 bits per heavy atom. The Bertz CT molecular complexity index is 1810. The smallest absolute Gasteiger partial charge is 0.220 e. The van der Waals surface area contributed by atoms with Crippen molar-refractivity contribution in [2.45, 2.75) is 484 Å². The fourth-order valence-electron chi connectivity index (χ4n) is 14.9. The molecule has 0 aromatic heterocycles. The topological polar surface area (TPSA) is 307 Å². The van der Waals surface area contributed by atoms with Gasteiger partial charge in [0.25, 0.3) is 0 Å². The fraction of sp³-hybridized carbons (Fsp3) is 0.988. The van der Waals surface area contributed by atoms with Gasteiger partial charge in [-0.25, -0.2) is 0 Å². The fourth-order valence-corrected chi connectivity index (χ4v) is 14.9. The van der Waals surface area contributed by atoms with Crippen molar-refractivity contribution in [2.24, 2.45) is 0 Å². The average Bonchev–Trinajstić information content (AvgIpc) is 0.783. The van der Waals surface area contributed by atoms with E-state index in [4.69, 9.17) is 28.4 Å². The summed E-state index contributed by atoms with van der Waals surface area (Å²) in [6, 6.07) is -0.884. The van der Waals surface area contributed by atoms with Crippen molar-refractivity contribution in [1.82, 2.24) is 5.32 Å². The molecule has 0 aromatic rings. The first-order chi connectivity index (χ1) is 48.8. The number of nitrogens with one attached hydrogen (secondary N) is 1. The normalized spacial score (nSPS) is 26.4. The number of unbranched alkanes of at least 4 members (excludes halogenated alkanes) is 53. The highest BCUT2D eigenvalue weighted by molar-refractivity contribution is 5.76. The lowest BCUT2D eigenvalue weighted by atomic mass is 9.96. The van der Waals surface area contributed by atoms with Crippen LogP contribution in [-0.2, 0) is 33.2 Å². The molecule has 3 aliphatic heterocycles. The summed E-state index contributed by atoms with van der Waals surface area (Å²) in [5.74, 6) is -0.232. The van der Waals surface area contributed by atoms with Gasteiger partial charge >= 0.3 is 0 Å². The van der Waals surface area contributed by atoms with E-state index in [1.165, 1.54) is 302 Å². The van der Waals surface area contributed by atoms with Gasteiger partial charge in [-0.1, -0.05) is 361 Å². The Morgan fingerprint density at radius 1 is 0.320 bits per heavy atom. The minimum absolute atomic E-state index is 0.232. The second kappa shape index (κ2) is 62.8. The summed E-state index contributed by atoms with van der Waals surface area (Å²) in [7, 11) is 0. The van der Waals surface area contributed by atoms with Crippen molar-refractivity contribution in [2.75, 3.05) is 26.4 Å². The van der Waals surface area contributed by atoms with E-state index in [0.29, 0.717) is 12.8 Å². The van der Waals surface area contributed by atoms with Gasteiger partial charge in [0.2, 0.25) is 5.91 Å². The first-order valence-electron chi connectivity index (χ1n) is 42.3. The summed E-state index contributed by atoms with van der Waals surface area (Å²) in [6.45, 7) is 1.88. The summed E-state index contributed by atoms with van der Waals surface area (Å²) in [5, 5.41) is 121. The third-order valence-corrected chi connectivity index (χ3v) is 21.7. The number of ether oxygens (including phenoxy) is 6. The van der Waals surface area contributed by atoms with Gasteiger partial charge in [0.1, 0.15) is 73.2 Å². The second-order valence-corrected chi connectivity index (χ2v) is 30.7. The Hall–Kier alpha value is -1.21. The molecular weight excluding hydrogens is 1270 g/mol. The zero-order valence-electron chi connectivity index (χ0n) is 63.7. The molecule has 3 aliphatic rings. The van der Waals surface area contributed by atoms with E-state index in [1.54, 1.807) is 0 Å².